The zero-order chi connectivity index (χ0) is 15.4. The first-order valence-electron chi connectivity index (χ1n) is 7.97. The Hall–Kier alpha value is -2.29. The Morgan fingerprint density at radius 1 is 1.09 bits per heavy atom. The van der Waals surface area contributed by atoms with Crippen molar-refractivity contribution in [1.29, 1.82) is 0 Å². The molecule has 1 fully saturated rings. The van der Waals surface area contributed by atoms with E-state index in [9.17, 15) is 4.79 Å². The van der Waals surface area contributed by atoms with Crippen molar-refractivity contribution in [3.63, 3.8) is 0 Å². The molecule has 1 aliphatic rings. The van der Waals surface area contributed by atoms with Gasteiger partial charge in [-0.05, 0) is 48.4 Å². The molecule has 1 atom stereocenters. The molecule has 1 aliphatic carbocycles. The van der Waals surface area contributed by atoms with Crippen LogP contribution in [0.25, 0.3) is 0 Å². The van der Waals surface area contributed by atoms with Gasteiger partial charge in [-0.25, -0.2) is 4.79 Å². The highest BCUT2D eigenvalue weighted by molar-refractivity contribution is 5.89. The first kappa shape index (κ1) is 14.6. The SMILES string of the molecule is CCc1ccc(NC(=O)NC(c2ccccc2)C2CC2)cc1. The molecular formula is C19H22N2O. The van der Waals surface area contributed by atoms with Gasteiger partial charge < -0.3 is 10.6 Å². The van der Waals surface area contributed by atoms with Crippen molar-refractivity contribution >= 4 is 11.7 Å². The van der Waals surface area contributed by atoms with E-state index in [1.807, 2.05) is 42.5 Å². The topological polar surface area (TPSA) is 41.1 Å². The normalized spacial score (nSPS) is 15.1. The number of carbonyl (C=O) groups excluding carboxylic acids is 1. The fraction of sp³-hybridized carbons (Fsp3) is 0.316. The number of benzene rings is 2. The maximum atomic E-state index is 12.3. The Labute approximate surface area is 131 Å². The van der Waals surface area contributed by atoms with Crippen LogP contribution in [0.3, 0.4) is 0 Å². The monoisotopic (exact) mass is 294 g/mol. The van der Waals surface area contributed by atoms with Crippen LogP contribution in [0.5, 0.6) is 0 Å². The van der Waals surface area contributed by atoms with Crippen LogP contribution in [0.15, 0.2) is 54.6 Å². The van der Waals surface area contributed by atoms with Gasteiger partial charge >= 0.3 is 6.03 Å². The fourth-order valence-electron chi connectivity index (χ4n) is 2.70. The molecule has 114 valence electrons. The molecule has 2 aromatic rings. The van der Waals surface area contributed by atoms with Gasteiger partial charge in [0.1, 0.15) is 0 Å². The lowest BCUT2D eigenvalue weighted by Crippen LogP contribution is -2.33. The molecule has 22 heavy (non-hydrogen) atoms. The molecule has 0 aliphatic heterocycles. The fourth-order valence-corrected chi connectivity index (χ4v) is 2.70. The zero-order valence-electron chi connectivity index (χ0n) is 12.9. The molecule has 1 saturated carbocycles. The lowest BCUT2D eigenvalue weighted by molar-refractivity contribution is 0.247. The van der Waals surface area contributed by atoms with E-state index < -0.39 is 0 Å². The summed E-state index contributed by atoms with van der Waals surface area (Å²) < 4.78 is 0. The maximum absolute atomic E-state index is 12.3. The molecular weight excluding hydrogens is 272 g/mol. The molecule has 0 saturated heterocycles. The van der Waals surface area contributed by atoms with Gasteiger partial charge in [-0.15, -0.1) is 0 Å². The average Bonchev–Trinajstić information content (AvgIpc) is 3.39. The number of rotatable bonds is 5. The van der Waals surface area contributed by atoms with Gasteiger partial charge in [-0.2, -0.15) is 0 Å². The summed E-state index contributed by atoms with van der Waals surface area (Å²) in [5.41, 5.74) is 3.28. The van der Waals surface area contributed by atoms with Gasteiger partial charge in [-0.1, -0.05) is 49.4 Å². The molecule has 2 N–H and O–H groups in total. The molecule has 3 rings (SSSR count). The van der Waals surface area contributed by atoms with E-state index in [0.717, 1.165) is 12.1 Å². The summed E-state index contributed by atoms with van der Waals surface area (Å²) in [4.78, 5) is 12.3. The van der Waals surface area contributed by atoms with Gasteiger partial charge in [-0.3, -0.25) is 0 Å². The Morgan fingerprint density at radius 2 is 1.77 bits per heavy atom. The largest absolute Gasteiger partial charge is 0.331 e. The van der Waals surface area contributed by atoms with Gasteiger partial charge in [0.05, 0.1) is 6.04 Å². The van der Waals surface area contributed by atoms with Crippen LogP contribution in [0.2, 0.25) is 0 Å². The lowest BCUT2D eigenvalue weighted by atomic mass is 10.0. The molecule has 3 heteroatoms. The highest BCUT2D eigenvalue weighted by Gasteiger charge is 2.33. The summed E-state index contributed by atoms with van der Waals surface area (Å²) in [6.07, 6.45) is 3.38. The molecule has 0 bridgehead atoms. The number of hydrogen-bond donors (Lipinski definition) is 2. The third-order valence-electron chi connectivity index (χ3n) is 4.16. The molecule has 3 nitrogen and oxygen atoms in total. The summed E-state index contributed by atoms with van der Waals surface area (Å²) in [6.45, 7) is 2.12. The second kappa shape index (κ2) is 6.65. The van der Waals surface area contributed by atoms with Crippen LogP contribution in [0, 0.1) is 5.92 Å². The number of amides is 2. The Bertz CT molecular complexity index is 618. The van der Waals surface area contributed by atoms with Crippen molar-refractivity contribution < 1.29 is 4.79 Å². The third kappa shape index (κ3) is 3.67. The minimum Gasteiger partial charge on any atom is -0.331 e. The van der Waals surface area contributed by atoms with Crippen molar-refractivity contribution in [3.05, 3.63) is 65.7 Å². The number of urea groups is 1. The van der Waals surface area contributed by atoms with E-state index in [2.05, 4.69) is 29.7 Å². The van der Waals surface area contributed by atoms with Crippen LogP contribution in [-0.4, -0.2) is 6.03 Å². The van der Waals surface area contributed by atoms with E-state index in [1.165, 1.54) is 24.0 Å². The van der Waals surface area contributed by atoms with Crippen LogP contribution in [0.4, 0.5) is 10.5 Å². The van der Waals surface area contributed by atoms with Crippen LogP contribution >= 0.6 is 0 Å². The quantitative estimate of drug-likeness (QED) is 0.836. The van der Waals surface area contributed by atoms with Crippen molar-refractivity contribution in [3.8, 4) is 0 Å². The number of nitrogens with one attached hydrogen (secondary N) is 2. The van der Waals surface area contributed by atoms with Crippen LogP contribution in [0.1, 0.15) is 36.9 Å². The first-order valence-corrected chi connectivity index (χ1v) is 7.97. The van der Waals surface area contributed by atoms with Gasteiger partial charge in [0, 0.05) is 5.69 Å². The summed E-state index contributed by atoms with van der Waals surface area (Å²) >= 11 is 0. The molecule has 0 spiro atoms. The predicted molar refractivity (Wildman–Crippen MR) is 89.9 cm³/mol. The van der Waals surface area contributed by atoms with Gasteiger partial charge in [0.25, 0.3) is 0 Å². The minimum atomic E-state index is -0.134. The Kier molecular flexibility index (Phi) is 4.42. The summed E-state index contributed by atoms with van der Waals surface area (Å²) in [6, 6.07) is 18.2. The van der Waals surface area contributed by atoms with E-state index in [-0.39, 0.29) is 12.1 Å². The molecule has 0 radical (unpaired) electrons. The summed E-state index contributed by atoms with van der Waals surface area (Å²) in [5.74, 6) is 0.565. The number of carbonyl (C=O) groups is 1. The molecule has 1 unspecified atom stereocenters. The highest BCUT2D eigenvalue weighted by Crippen LogP contribution is 2.40. The van der Waals surface area contributed by atoms with Crippen molar-refractivity contribution in [2.24, 2.45) is 5.92 Å². The van der Waals surface area contributed by atoms with E-state index in [4.69, 9.17) is 0 Å². The maximum Gasteiger partial charge on any atom is 0.319 e. The Balaban J connectivity index is 1.64. The Morgan fingerprint density at radius 3 is 2.36 bits per heavy atom. The van der Waals surface area contributed by atoms with Crippen LogP contribution < -0.4 is 10.6 Å². The van der Waals surface area contributed by atoms with E-state index >= 15 is 0 Å². The molecule has 0 heterocycles. The van der Waals surface area contributed by atoms with Gasteiger partial charge in [0.15, 0.2) is 0 Å². The van der Waals surface area contributed by atoms with Crippen molar-refractivity contribution in [2.75, 3.05) is 5.32 Å². The minimum absolute atomic E-state index is 0.108. The lowest BCUT2D eigenvalue weighted by Gasteiger charge is -2.19. The number of anilines is 1. The van der Waals surface area contributed by atoms with Crippen LogP contribution in [-0.2, 0) is 6.42 Å². The highest BCUT2D eigenvalue weighted by atomic mass is 16.2. The third-order valence-corrected chi connectivity index (χ3v) is 4.16. The standard InChI is InChI=1S/C19H22N2O/c1-2-14-8-12-17(13-9-14)20-19(22)21-18(16-10-11-16)15-6-4-3-5-7-15/h3-9,12-13,16,18H,2,10-11H2,1H3,(H2,20,21,22). The predicted octanol–water partition coefficient (Wildman–Crippen LogP) is 4.52. The second-order valence-corrected chi connectivity index (χ2v) is 5.87. The van der Waals surface area contributed by atoms with Crippen molar-refractivity contribution in [1.82, 2.24) is 5.32 Å². The summed E-state index contributed by atoms with van der Waals surface area (Å²) in [7, 11) is 0. The average molecular weight is 294 g/mol. The number of hydrogen-bond acceptors (Lipinski definition) is 1. The van der Waals surface area contributed by atoms with Crippen molar-refractivity contribution in [2.45, 2.75) is 32.2 Å². The number of aryl methyl sites for hydroxylation is 1. The van der Waals surface area contributed by atoms with Gasteiger partial charge in [0.2, 0.25) is 0 Å². The zero-order valence-corrected chi connectivity index (χ0v) is 12.9. The second-order valence-electron chi connectivity index (χ2n) is 5.87. The smallest absolute Gasteiger partial charge is 0.319 e. The molecule has 2 amide bonds. The van der Waals surface area contributed by atoms with E-state index in [0.29, 0.717) is 5.92 Å². The molecule has 2 aromatic carbocycles. The first-order chi connectivity index (χ1) is 10.8. The van der Waals surface area contributed by atoms with E-state index in [1.54, 1.807) is 0 Å². The summed E-state index contributed by atoms with van der Waals surface area (Å²) in [5, 5.41) is 6.05. The molecule has 0 aromatic heterocycles.